The van der Waals surface area contributed by atoms with Gasteiger partial charge in [-0.25, -0.2) is 0 Å². The first kappa shape index (κ1) is 16.4. The van der Waals surface area contributed by atoms with Gasteiger partial charge >= 0.3 is 0 Å². The molecule has 1 rings (SSSR count). The van der Waals surface area contributed by atoms with Crippen LogP contribution in [0.25, 0.3) is 0 Å². The maximum Gasteiger partial charge on any atom is 0.219 e. The van der Waals surface area contributed by atoms with Gasteiger partial charge in [0.2, 0.25) is 5.91 Å². The van der Waals surface area contributed by atoms with E-state index in [1.54, 1.807) is 6.92 Å². The Morgan fingerprint density at radius 2 is 1.53 bits per heavy atom. The topological polar surface area (TPSA) is 32.3 Å². The number of nitrogens with one attached hydrogen (secondary N) is 1. The van der Waals surface area contributed by atoms with Crippen molar-refractivity contribution in [3.63, 3.8) is 0 Å². The van der Waals surface area contributed by atoms with Crippen molar-refractivity contribution in [2.24, 2.45) is 0 Å². The highest BCUT2D eigenvalue weighted by Gasteiger charge is 2.05. The molecule has 1 fully saturated rings. The van der Waals surface area contributed by atoms with E-state index in [1.807, 2.05) is 4.90 Å². The van der Waals surface area contributed by atoms with Gasteiger partial charge in [-0.2, -0.15) is 0 Å². The molecule has 0 radical (unpaired) electrons. The van der Waals surface area contributed by atoms with Crippen LogP contribution in [-0.2, 0) is 4.79 Å². The Morgan fingerprint density at radius 3 is 1.76 bits per heavy atom. The van der Waals surface area contributed by atoms with Crippen molar-refractivity contribution >= 4 is 5.91 Å². The second-order valence-corrected chi connectivity index (χ2v) is 4.67. The van der Waals surface area contributed by atoms with Crippen LogP contribution in [0.2, 0.25) is 0 Å². The molecule has 0 saturated carbocycles. The summed E-state index contributed by atoms with van der Waals surface area (Å²) in [5.74, 6) is 0.219. The van der Waals surface area contributed by atoms with Crippen LogP contribution in [0.15, 0.2) is 0 Å². The van der Waals surface area contributed by atoms with Crippen molar-refractivity contribution in [1.82, 2.24) is 10.2 Å². The Hall–Kier alpha value is -0.570. The highest BCUT2D eigenvalue weighted by molar-refractivity contribution is 5.73. The van der Waals surface area contributed by atoms with E-state index < -0.39 is 0 Å². The molecule has 0 aromatic carbocycles. The van der Waals surface area contributed by atoms with Crippen molar-refractivity contribution in [2.45, 2.75) is 59.3 Å². The summed E-state index contributed by atoms with van der Waals surface area (Å²) in [5, 5.41) is 3.22. The number of carbonyl (C=O) groups is 1. The zero-order chi connectivity index (χ0) is 12.9. The van der Waals surface area contributed by atoms with E-state index in [2.05, 4.69) is 19.2 Å². The fourth-order valence-electron chi connectivity index (χ4n) is 1.75. The molecule has 3 nitrogen and oxygen atoms in total. The molecule has 0 aromatic heterocycles. The van der Waals surface area contributed by atoms with Crippen LogP contribution in [0.5, 0.6) is 0 Å². The molecular weight excluding hydrogens is 212 g/mol. The maximum absolute atomic E-state index is 11.1. The lowest BCUT2D eigenvalue weighted by atomic mass is 10.2. The van der Waals surface area contributed by atoms with Crippen LogP contribution in [-0.4, -0.2) is 37.0 Å². The van der Waals surface area contributed by atoms with Gasteiger partial charge < -0.3 is 10.2 Å². The smallest absolute Gasteiger partial charge is 0.219 e. The van der Waals surface area contributed by atoms with Gasteiger partial charge in [-0.05, 0) is 38.8 Å². The average molecular weight is 242 g/mol. The van der Waals surface area contributed by atoms with Gasteiger partial charge in [0.05, 0.1) is 0 Å². The number of hydrogen-bond donors (Lipinski definition) is 1. The van der Waals surface area contributed by atoms with Gasteiger partial charge in [0.15, 0.2) is 0 Å². The number of nitrogens with zero attached hydrogens (tertiary/aromatic N) is 1. The molecule has 0 aromatic rings. The van der Waals surface area contributed by atoms with Crippen LogP contribution in [0, 0.1) is 0 Å². The van der Waals surface area contributed by atoms with Gasteiger partial charge in [0.1, 0.15) is 0 Å². The van der Waals surface area contributed by atoms with Gasteiger partial charge in [-0.3, -0.25) is 4.79 Å². The third-order valence-corrected chi connectivity index (χ3v) is 2.97. The second-order valence-electron chi connectivity index (χ2n) is 4.67. The van der Waals surface area contributed by atoms with E-state index in [-0.39, 0.29) is 5.91 Å². The van der Waals surface area contributed by atoms with E-state index in [9.17, 15) is 4.79 Å². The molecule has 102 valence electrons. The number of amides is 1. The summed E-state index contributed by atoms with van der Waals surface area (Å²) < 4.78 is 0. The molecule has 1 N–H and O–H groups in total. The highest BCUT2D eigenvalue weighted by Crippen LogP contribution is 1.99. The predicted molar refractivity (Wildman–Crippen MR) is 74.2 cm³/mol. The molecule has 0 spiro atoms. The molecular formula is C14H30N2O. The van der Waals surface area contributed by atoms with E-state index in [1.165, 1.54) is 25.9 Å². The average Bonchev–Trinajstić information content (AvgIpc) is 2.87. The predicted octanol–water partition coefficient (Wildman–Crippen LogP) is 2.80. The lowest BCUT2D eigenvalue weighted by molar-refractivity contribution is -0.129. The Balaban J connectivity index is 0.000000419. The molecule has 0 aliphatic carbocycles. The zero-order valence-corrected chi connectivity index (χ0v) is 11.9. The van der Waals surface area contributed by atoms with E-state index in [0.717, 1.165) is 38.8 Å². The molecule has 0 atom stereocenters. The zero-order valence-electron chi connectivity index (χ0n) is 11.9. The van der Waals surface area contributed by atoms with Gasteiger partial charge in [0.25, 0.3) is 0 Å². The normalized spacial score (nSPS) is 14.1. The molecule has 1 saturated heterocycles. The third kappa shape index (κ3) is 10.3. The lowest BCUT2D eigenvalue weighted by Crippen LogP contribution is -2.30. The van der Waals surface area contributed by atoms with Crippen molar-refractivity contribution in [2.75, 3.05) is 26.2 Å². The van der Waals surface area contributed by atoms with Crippen molar-refractivity contribution in [3.05, 3.63) is 0 Å². The van der Waals surface area contributed by atoms with E-state index in [4.69, 9.17) is 0 Å². The van der Waals surface area contributed by atoms with Crippen LogP contribution >= 0.6 is 0 Å². The minimum Gasteiger partial charge on any atom is -0.343 e. The summed E-state index contributed by atoms with van der Waals surface area (Å²) in [4.78, 5) is 13.0. The first-order chi connectivity index (χ1) is 8.22. The molecule has 0 bridgehead atoms. The van der Waals surface area contributed by atoms with Crippen LogP contribution in [0.1, 0.15) is 59.3 Å². The standard InChI is InChI=1S/C10H21NO.C4H9N/c1-4-6-8-11(10(3)12)9-7-5-2;1-2-4-5-3-1/h4-9H2,1-3H3;5H,1-4H2. The quantitative estimate of drug-likeness (QED) is 0.777. The largest absolute Gasteiger partial charge is 0.343 e. The first-order valence-electron chi connectivity index (χ1n) is 7.18. The summed E-state index contributed by atoms with van der Waals surface area (Å²) >= 11 is 0. The Bertz CT molecular complexity index is 163. The van der Waals surface area contributed by atoms with Crippen LogP contribution in [0.4, 0.5) is 0 Å². The summed E-state index contributed by atoms with van der Waals surface area (Å²) in [6.45, 7) is 10.3. The van der Waals surface area contributed by atoms with Crippen molar-refractivity contribution in [3.8, 4) is 0 Å². The number of rotatable bonds is 6. The molecule has 1 amide bonds. The monoisotopic (exact) mass is 242 g/mol. The lowest BCUT2D eigenvalue weighted by Gasteiger charge is -2.20. The Kier molecular flexibility index (Phi) is 11.5. The minimum atomic E-state index is 0.219. The summed E-state index contributed by atoms with van der Waals surface area (Å²) in [6, 6.07) is 0. The van der Waals surface area contributed by atoms with Crippen molar-refractivity contribution in [1.29, 1.82) is 0 Å². The molecule has 1 aliphatic heterocycles. The summed E-state index contributed by atoms with van der Waals surface area (Å²) in [5.41, 5.74) is 0. The maximum atomic E-state index is 11.1. The minimum absolute atomic E-state index is 0.219. The van der Waals surface area contributed by atoms with Gasteiger partial charge in [-0.15, -0.1) is 0 Å². The second kappa shape index (κ2) is 11.9. The van der Waals surface area contributed by atoms with Gasteiger partial charge in [0, 0.05) is 20.0 Å². The molecule has 17 heavy (non-hydrogen) atoms. The Morgan fingerprint density at radius 1 is 1.06 bits per heavy atom. The Labute approximate surface area is 107 Å². The van der Waals surface area contributed by atoms with Crippen molar-refractivity contribution < 1.29 is 4.79 Å². The summed E-state index contributed by atoms with van der Waals surface area (Å²) in [6.07, 6.45) is 7.36. The first-order valence-corrected chi connectivity index (χ1v) is 7.18. The van der Waals surface area contributed by atoms with Crippen LogP contribution < -0.4 is 5.32 Å². The van der Waals surface area contributed by atoms with E-state index >= 15 is 0 Å². The molecule has 1 aliphatic rings. The van der Waals surface area contributed by atoms with E-state index in [0.29, 0.717) is 0 Å². The van der Waals surface area contributed by atoms with Crippen LogP contribution in [0.3, 0.4) is 0 Å². The number of unbranched alkanes of at least 4 members (excludes halogenated alkanes) is 2. The fourth-order valence-corrected chi connectivity index (χ4v) is 1.75. The number of hydrogen-bond acceptors (Lipinski definition) is 2. The molecule has 1 heterocycles. The highest BCUT2D eigenvalue weighted by atomic mass is 16.2. The third-order valence-electron chi connectivity index (χ3n) is 2.97. The fraction of sp³-hybridized carbons (Fsp3) is 0.929. The SMILES string of the molecule is C1CCNC1.CCCCN(CCCC)C(C)=O. The van der Waals surface area contributed by atoms with Gasteiger partial charge in [-0.1, -0.05) is 26.7 Å². The number of carbonyl (C=O) groups excluding carboxylic acids is 1. The summed E-state index contributed by atoms with van der Waals surface area (Å²) in [7, 11) is 0. The molecule has 0 unspecified atom stereocenters. The molecule has 3 heteroatoms.